The van der Waals surface area contributed by atoms with Crippen molar-refractivity contribution in [2.75, 3.05) is 26.8 Å². The van der Waals surface area contributed by atoms with Crippen molar-refractivity contribution in [3.05, 3.63) is 23.8 Å². The molecule has 1 atom stereocenters. The number of aromatic nitrogens is 2. The molecule has 98 valence electrons. The second-order valence-electron chi connectivity index (χ2n) is 4.22. The van der Waals surface area contributed by atoms with Gasteiger partial charge in [-0.1, -0.05) is 0 Å². The van der Waals surface area contributed by atoms with Gasteiger partial charge in [0.2, 0.25) is 0 Å². The zero-order valence-electron chi connectivity index (χ0n) is 10.5. The van der Waals surface area contributed by atoms with Gasteiger partial charge >= 0.3 is 0 Å². The summed E-state index contributed by atoms with van der Waals surface area (Å²) in [6.07, 6.45) is 5.44. The summed E-state index contributed by atoms with van der Waals surface area (Å²) in [4.78, 5) is 20.1. The van der Waals surface area contributed by atoms with E-state index >= 15 is 0 Å². The molecule has 1 saturated heterocycles. The SMILES string of the molecule is COCCNC(=O)c1cnc(C2CCCN2)cn1. The largest absolute Gasteiger partial charge is 0.383 e. The van der Waals surface area contributed by atoms with E-state index in [2.05, 4.69) is 20.6 Å². The Morgan fingerprint density at radius 3 is 3.06 bits per heavy atom. The number of hydrogen-bond acceptors (Lipinski definition) is 5. The lowest BCUT2D eigenvalue weighted by Gasteiger charge is -2.09. The quantitative estimate of drug-likeness (QED) is 0.734. The second-order valence-corrected chi connectivity index (χ2v) is 4.22. The van der Waals surface area contributed by atoms with Crippen LogP contribution in [0.25, 0.3) is 0 Å². The highest BCUT2D eigenvalue weighted by Gasteiger charge is 2.18. The molecule has 6 nitrogen and oxygen atoms in total. The molecule has 18 heavy (non-hydrogen) atoms. The van der Waals surface area contributed by atoms with Crippen LogP contribution in [-0.2, 0) is 4.74 Å². The predicted molar refractivity (Wildman–Crippen MR) is 66.2 cm³/mol. The summed E-state index contributed by atoms with van der Waals surface area (Å²) in [6.45, 7) is 1.98. The van der Waals surface area contributed by atoms with E-state index < -0.39 is 0 Å². The highest BCUT2D eigenvalue weighted by Crippen LogP contribution is 2.20. The van der Waals surface area contributed by atoms with Crippen molar-refractivity contribution in [1.29, 1.82) is 0 Å². The molecule has 1 aliphatic heterocycles. The van der Waals surface area contributed by atoms with Crippen LogP contribution in [-0.4, -0.2) is 42.7 Å². The highest BCUT2D eigenvalue weighted by molar-refractivity contribution is 5.91. The summed E-state index contributed by atoms with van der Waals surface area (Å²) >= 11 is 0. The number of methoxy groups -OCH3 is 1. The molecule has 2 rings (SSSR count). The molecule has 0 aliphatic carbocycles. The summed E-state index contributed by atoms with van der Waals surface area (Å²) < 4.78 is 4.86. The van der Waals surface area contributed by atoms with Crippen molar-refractivity contribution in [3.63, 3.8) is 0 Å². The highest BCUT2D eigenvalue weighted by atomic mass is 16.5. The van der Waals surface area contributed by atoms with Crippen LogP contribution in [0.2, 0.25) is 0 Å². The zero-order chi connectivity index (χ0) is 12.8. The van der Waals surface area contributed by atoms with Gasteiger partial charge in [-0.25, -0.2) is 4.98 Å². The van der Waals surface area contributed by atoms with Crippen LogP contribution in [0.3, 0.4) is 0 Å². The van der Waals surface area contributed by atoms with Crippen LogP contribution >= 0.6 is 0 Å². The Hall–Kier alpha value is -1.53. The fourth-order valence-corrected chi connectivity index (χ4v) is 1.93. The first-order valence-corrected chi connectivity index (χ1v) is 6.13. The van der Waals surface area contributed by atoms with Gasteiger partial charge in [-0.3, -0.25) is 9.78 Å². The lowest BCUT2D eigenvalue weighted by molar-refractivity contribution is 0.0931. The van der Waals surface area contributed by atoms with Crippen LogP contribution in [0.15, 0.2) is 12.4 Å². The molecule has 0 bridgehead atoms. The summed E-state index contributed by atoms with van der Waals surface area (Å²) in [5.41, 5.74) is 1.24. The van der Waals surface area contributed by atoms with E-state index in [1.165, 1.54) is 6.20 Å². The Morgan fingerprint density at radius 2 is 2.44 bits per heavy atom. The number of amides is 1. The van der Waals surface area contributed by atoms with Crippen molar-refractivity contribution in [2.24, 2.45) is 0 Å². The third-order valence-corrected chi connectivity index (χ3v) is 2.91. The molecule has 1 aromatic heterocycles. The van der Waals surface area contributed by atoms with E-state index in [4.69, 9.17) is 4.74 Å². The molecule has 2 heterocycles. The number of nitrogens with zero attached hydrogens (tertiary/aromatic N) is 2. The van der Waals surface area contributed by atoms with Gasteiger partial charge in [-0.2, -0.15) is 0 Å². The van der Waals surface area contributed by atoms with Crippen LogP contribution < -0.4 is 10.6 Å². The van der Waals surface area contributed by atoms with E-state index in [1.54, 1.807) is 13.3 Å². The predicted octanol–water partition coefficient (Wildman–Crippen LogP) is 0.277. The Morgan fingerprint density at radius 1 is 1.56 bits per heavy atom. The van der Waals surface area contributed by atoms with E-state index in [-0.39, 0.29) is 11.9 Å². The Bertz CT molecular complexity index is 388. The fourth-order valence-electron chi connectivity index (χ4n) is 1.93. The molecular formula is C12H18N4O2. The summed E-state index contributed by atoms with van der Waals surface area (Å²) in [5.74, 6) is -0.217. The van der Waals surface area contributed by atoms with Gasteiger partial charge in [0, 0.05) is 13.7 Å². The van der Waals surface area contributed by atoms with Gasteiger partial charge < -0.3 is 15.4 Å². The number of nitrogens with one attached hydrogen (secondary N) is 2. The molecule has 1 aromatic rings. The molecule has 2 N–H and O–H groups in total. The number of carbonyl (C=O) groups excluding carboxylic acids is 1. The Kier molecular flexibility index (Phi) is 4.60. The van der Waals surface area contributed by atoms with Gasteiger partial charge in [-0.05, 0) is 19.4 Å². The lowest BCUT2D eigenvalue weighted by Crippen LogP contribution is -2.28. The average molecular weight is 250 g/mol. The number of carbonyl (C=O) groups is 1. The van der Waals surface area contributed by atoms with Gasteiger partial charge in [0.05, 0.1) is 30.7 Å². The molecule has 0 spiro atoms. The number of rotatable bonds is 5. The maximum Gasteiger partial charge on any atom is 0.271 e. The monoisotopic (exact) mass is 250 g/mol. The topological polar surface area (TPSA) is 76.1 Å². The van der Waals surface area contributed by atoms with Crippen LogP contribution in [0.5, 0.6) is 0 Å². The van der Waals surface area contributed by atoms with Gasteiger partial charge in [0.1, 0.15) is 5.69 Å². The minimum Gasteiger partial charge on any atom is -0.383 e. The van der Waals surface area contributed by atoms with Crippen LogP contribution in [0.1, 0.15) is 35.1 Å². The standard InChI is InChI=1S/C12H18N4O2/c1-18-6-5-14-12(17)11-8-15-10(7-16-11)9-3-2-4-13-9/h7-9,13H,2-6H2,1H3,(H,14,17). The molecule has 1 unspecified atom stereocenters. The molecule has 1 amide bonds. The first-order valence-electron chi connectivity index (χ1n) is 6.13. The third kappa shape index (κ3) is 3.24. The minimum absolute atomic E-state index is 0.217. The summed E-state index contributed by atoms with van der Waals surface area (Å²) in [5, 5.41) is 6.05. The smallest absolute Gasteiger partial charge is 0.271 e. The van der Waals surface area contributed by atoms with Crippen molar-refractivity contribution in [3.8, 4) is 0 Å². The molecule has 6 heteroatoms. The van der Waals surface area contributed by atoms with E-state index in [0.717, 1.165) is 25.1 Å². The number of hydrogen-bond donors (Lipinski definition) is 2. The maximum atomic E-state index is 11.7. The first kappa shape index (κ1) is 12.9. The normalized spacial score (nSPS) is 18.8. The molecule has 1 aliphatic rings. The lowest BCUT2D eigenvalue weighted by atomic mass is 10.2. The molecule has 0 radical (unpaired) electrons. The zero-order valence-corrected chi connectivity index (χ0v) is 10.5. The summed E-state index contributed by atoms with van der Waals surface area (Å²) in [7, 11) is 1.59. The summed E-state index contributed by atoms with van der Waals surface area (Å²) in [6, 6.07) is 0.281. The second kappa shape index (κ2) is 6.42. The van der Waals surface area contributed by atoms with Gasteiger partial charge in [0.25, 0.3) is 5.91 Å². The minimum atomic E-state index is -0.217. The van der Waals surface area contributed by atoms with Crippen LogP contribution in [0, 0.1) is 0 Å². The Balaban J connectivity index is 1.92. The molecule has 0 saturated carbocycles. The third-order valence-electron chi connectivity index (χ3n) is 2.91. The van der Waals surface area contributed by atoms with E-state index in [1.807, 2.05) is 0 Å². The van der Waals surface area contributed by atoms with Gasteiger partial charge in [0.15, 0.2) is 0 Å². The van der Waals surface area contributed by atoms with E-state index in [0.29, 0.717) is 18.8 Å². The molecular weight excluding hydrogens is 232 g/mol. The van der Waals surface area contributed by atoms with E-state index in [9.17, 15) is 4.79 Å². The molecule has 1 fully saturated rings. The van der Waals surface area contributed by atoms with Crippen molar-refractivity contribution < 1.29 is 9.53 Å². The van der Waals surface area contributed by atoms with Crippen LogP contribution in [0.4, 0.5) is 0 Å². The van der Waals surface area contributed by atoms with Crippen molar-refractivity contribution in [1.82, 2.24) is 20.6 Å². The van der Waals surface area contributed by atoms with Crippen molar-refractivity contribution in [2.45, 2.75) is 18.9 Å². The fraction of sp³-hybridized carbons (Fsp3) is 0.583. The molecule has 0 aromatic carbocycles. The van der Waals surface area contributed by atoms with Crippen molar-refractivity contribution >= 4 is 5.91 Å². The average Bonchev–Trinajstić information content (AvgIpc) is 2.93. The Labute approximate surface area is 106 Å². The van der Waals surface area contributed by atoms with Gasteiger partial charge in [-0.15, -0.1) is 0 Å². The number of ether oxygens (including phenoxy) is 1. The maximum absolute atomic E-state index is 11.7. The first-order chi connectivity index (χ1) is 8.81.